The summed E-state index contributed by atoms with van der Waals surface area (Å²) in [4.78, 5) is 12.5. The molecule has 1 aliphatic rings. The zero-order valence-corrected chi connectivity index (χ0v) is 11.7. The molecule has 0 unspecified atom stereocenters. The summed E-state index contributed by atoms with van der Waals surface area (Å²) in [6, 6.07) is 0. The average Bonchev–Trinajstić information content (AvgIpc) is 2.24. The zero-order chi connectivity index (χ0) is 12.9. The molecule has 98 valence electrons. The van der Waals surface area contributed by atoms with E-state index in [0.29, 0.717) is 17.8 Å². The molecule has 1 rings (SSSR count). The lowest BCUT2D eigenvalue weighted by Crippen LogP contribution is -2.48. The molecule has 1 aliphatic carbocycles. The fourth-order valence-electron chi connectivity index (χ4n) is 2.37. The van der Waals surface area contributed by atoms with E-state index in [0.717, 1.165) is 18.9 Å². The maximum Gasteiger partial charge on any atom is 0.233 e. The molecule has 0 spiro atoms. The Kier molecular flexibility index (Phi) is 5.37. The Balaban J connectivity index is 2.44. The number of rotatable bonds is 7. The summed E-state index contributed by atoms with van der Waals surface area (Å²) in [5.41, 5.74) is 5.09. The third-order valence-electron chi connectivity index (χ3n) is 4.18. The molecule has 0 saturated heterocycles. The van der Waals surface area contributed by atoms with Crippen molar-refractivity contribution in [1.29, 1.82) is 0 Å². The number of nitrogens with two attached hydrogens (primary N) is 1. The molecule has 0 atom stereocenters. The van der Waals surface area contributed by atoms with Crippen LogP contribution in [0.4, 0.5) is 0 Å². The van der Waals surface area contributed by atoms with Gasteiger partial charge in [0.25, 0.3) is 0 Å². The van der Waals surface area contributed by atoms with E-state index >= 15 is 0 Å². The summed E-state index contributed by atoms with van der Waals surface area (Å²) in [7, 11) is 0. The van der Waals surface area contributed by atoms with Crippen molar-refractivity contribution in [3.8, 4) is 0 Å². The molecule has 0 heterocycles. The predicted molar refractivity (Wildman–Crippen MR) is 74.8 cm³/mol. The molecule has 3 nitrogen and oxygen atoms in total. The van der Waals surface area contributed by atoms with Gasteiger partial charge in [0.1, 0.15) is 0 Å². The fraction of sp³-hybridized carbons (Fsp3) is 0.846. The molecule has 0 aromatic heterocycles. The third-order valence-corrected chi connectivity index (χ3v) is 4.57. The van der Waals surface area contributed by atoms with Crippen LogP contribution >= 0.6 is 12.2 Å². The van der Waals surface area contributed by atoms with Crippen molar-refractivity contribution in [2.24, 2.45) is 17.1 Å². The van der Waals surface area contributed by atoms with Gasteiger partial charge in [-0.1, -0.05) is 45.3 Å². The van der Waals surface area contributed by atoms with E-state index in [4.69, 9.17) is 18.0 Å². The van der Waals surface area contributed by atoms with Crippen molar-refractivity contribution < 1.29 is 4.79 Å². The van der Waals surface area contributed by atoms with Gasteiger partial charge in [0.05, 0.1) is 10.4 Å². The van der Waals surface area contributed by atoms with E-state index in [1.807, 2.05) is 13.8 Å². The van der Waals surface area contributed by atoms with Gasteiger partial charge in [0, 0.05) is 6.54 Å². The van der Waals surface area contributed by atoms with Crippen molar-refractivity contribution in [1.82, 2.24) is 5.32 Å². The van der Waals surface area contributed by atoms with E-state index in [1.165, 1.54) is 19.3 Å². The Labute approximate surface area is 110 Å². The highest BCUT2D eigenvalue weighted by Crippen LogP contribution is 2.30. The number of hydrogen-bond donors (Lipinski definition) is 2. The molecule has 1 fully saturated rings. The van der Waals surface area contributed by atoms with Gasteiger partial charge in [-0.05, 0) is 25.2 Å². The van der Waals surface area contributed by atoms with Gasteiger partial charge in [0.15, 0.2) is 0 Å². The molecule has 0 aromatic rings. The summed E-state index contributed by atoms with van der Waals surface area (Å²) in [6.07, 6.45) is 6.42. The maximum atomic E-state index is 12.2. The van der Waals surface area contributed by atoms with Gasteiger partial charge in [0.2, 0.25) is 5.91 Å². The van der Waals surface area contributed by atoms with Gasteiger partial charge in [-0.25, -0.2) is 0 Å². The minimum atomic E-state index is -0.644. The summed E-state index contributed by atoms with van der Waals surface area (Å²) in [6.45, 7) is 4.69. The van der Waals surface area contributed by atoms with Gasteiger partial charge >= 0.3 is 0 Å². The van der Waals surface area contributed by atoms with Crippen LogP contribution in [0.15, 0.2) is 0 Å². The summed E-state index contributed by atoms with van der Waals surface area (Å²) in [5, 5.41) is 3.00. The summed E-state index contributed by atoms with van der Waals surface area (Å²) < 4.78 is 0. The monoisotopic (exact) mass is 256 g/mol. The Morgan fingerprint density at radius 2 is 2.00 bits per heavy atom. The first-order chi connectivity index (χ1) is 8.06. The van der Waals surface area contributed by atoms with Crippen molar-refractivity contribution in [3.63, 3.8) is 0 Å². The van der Waals surface area contributed by atoms with Crippen molar-refractivity contribution in [2.45, 2.75) is 52.4 Å². The van der Waals surface area contributed by atoms with Crippen LogP contribution in [-0.4, -0.2) is 17.4 Å². The highest BCUT2D eigenvalue weighted by Gasteiger charge is 2.37. The molecule has 0 aliphatic heterocycles. The highest BCUT2D eigenvalue weighted by molar-refractivity contribution is 7.80. The van der Waals surface area contributed by atoms with Gasteiger partial charge in [-0.2, -0.15) is 0 Å². The number of thiocarbonyl (C=S) groups is 1. The van der Waals surface area contributed by atoms with E-state index < -0.39 is 5.41 Å². The zero-order valence-electron chi connectivity index (χ0n) is 10.9. The predicted octanol–water partition coefficient (Wildman–Crippen LogP) is 2.39. The van der Waals surface area contributed by atoms with Crippen molar-refractivity contribution in [3.05, 3.63) is 0 Å². The SMILES string of the molecule is CCC(CC)(C(=O)NCCC1CCC1)C(N)=S. The Morgan fingerprint density at radius 1 is 1.41 bits per heavy atom. The lowest BCUT2D eigenvalue weighted by Gasteiger charge is -2.30. The maximum absolute atomic E-state index is 12.2. The molecule has 17 heavy (non-hydrogen) atoms. The van der Waals surface area contributed by atoms with Crippen LogP contribution in [0.25, 0.3) is 0 Å². The minimum Gasteiger partial charge on any atom is -0.392 e. The molecule has 0 radical (unpaired) electrons. The van der Waals surface area contributed by atoms with E-state index in [9.17, 15) is 4.79 Å². The van der Waals surface area contributed by atoms with Gasteiger partial charge in [-0.3, -0.25) is 4.79 Å². The van der Waals surface area contributed by atoms with E-state index in [2.05, 4.69) is 5.32 Å². The van der Waals surface area contributed by atoms with Gasteiger partial charge in [-0.15, -0.1) is 0 Å². The van der Waals surface area contributed by atoms with Crippen LogP contribution in [0.5, 0.6) is 0 Å². The minimum absolute atomic E-state index is 0.00863. The molecule has 4 heteroatoms. The highest BCUT2D eigenvalue weighted by atomic mass is 32.1. The quantitative estimate of drug-likeness (QED) is 0.688. The largest absolute Gasteiger partial charge is 0.392 e. The van der Waals surface area contributed by atoms with E-state index in [-0.39, 0.29) is 5.91 Å². The Morgan fingerprint density at radius 3 is 2.35 bits per heavy atom. The van der Waals surface area contributed by atoms with Crippen LogP contribution in [0.2, 0.25) is 0 Å². The van der Waals surface area contributed by atoms with Crippen LogP contribution in [0.3, 0.4) is 0 Å². The average molecular weight is 256 g/mol. The lowest BCUT2D eigenvalue weighted by atomic mass is 9.80. The molecular formula is C13H24N2OS. The number of nitrogens with one attached hydrogen (secondary N) is 1. The van der Waals surface area contributed by atoms with E-state index in [1.54, 1.807) is 0 Å². The molecule has 0 bridgehead atoms. The van der Waals surface area contributed by atoms with Crippen molar-refractivity contribution in [2.75, 3.05) is 6.54 Å². The molecule has 1 saturated carbocycles. The summed E-state index contributed by atoms with van der Waals surface area (Å²) >= 11 is 5.06. The number of carbonyl (C=O) groups excluding carboxylic acids is 1. The Hall–Kier alpha value is -0.640. The molecule has 0 aromatic carbocycles. The third kappa shape index (κ3) is 3.18. The number of carbonyl (C=O) groups is 1. The van der Waals surface area contributed by atoms with Crippen molar-refractivity contribution >= 4 is 23.1 Å². The normalized spacial score (nSPS) is 16.4. The second kappa shape index (κ2) is 6.34. The first-order valence-corrected chi connectivity index (χ1v) is 7.05. The Bertz CT molecular complexity index is 283. The van der Waals surface area contributed by atoms with Crippen LogP contribution in [0.1, 0.15) is 52.4 Å². The van der Waals surface area contributed by atoms with Crippen LogP contribution in [0, 0.1) is 11.3 Å². The van der Waals surface area contributed by atoms with Gasteiger partial charge < -0.3 is 11.1 Å². The number of amides is 1. The van der Waals surface area contributed by atoms with Crippen LogP contribution < -0.4 is 11.1 Å². The second-order valence-corrected chi connectivity index (χ2v) is 5.43. The lowest BCUT2D eigenvalue weighted by molar-refractivity contribution is -0.127. The number of hydrogen-bond acceptors (Lipinski definition) is 2. The molecule has 3 N–H and O–H groups in total. The standard InChI is InChI=1S/C13H24N2OS/c1-3-13(4-2,11(14)17)12(16)15-9-8-10-6-5-7-10/h10H,3-9H2,1-2H3,(H2,14,17)(H,15,16). The first kappa shape index (κ1) is 14.4. The molecular weight excluding hydrogens is 232 g/mol. The summed E-state index contributed by atoms with van der Waals surface area (Å²) in [5.74, 6) is 0.826. The second-order valence-electron chi connectivity index (χ2n) is 4.99. The topological polar surface area (TPSA) is 55.1 Å². The smallest absolute Gasteiger partial charge is 0.233 e. The fourth-order valence-corrected chi connectivity index (χ4v) is 2.75. The first-order valence-electron chi connectivity index (χ1n) is 6.65. The molecule has 1 amide bonds. The van der Waals surface area contributed by atoms with Crippen LogP contribution in [-0.2, 0) is 4.79 Å².